The topological polar surface area (TPSA) is 72.5 Å². The van der Waals surface area contributed by atoms with Gasteiger partial charge in [0, 0.05) is 16.8 Å². The maximum atomic E-state index is 12.8. The summed E-state index contributed by atoms with van der Waals surface area (Å²) in [6.45, 7) is 5.11. The van der Waals surface area contributed by atoms with E-state index in [9.17, 15) is 14.4 Å². The summed E-state index contributed by atoms with van der Waals surface area (Å²) in [7, 11) is 0. The van der Waals surface area contributed by atoms with E-state index in [1.807, 2.05) is 13.0 Å². The molecule has 0 fully saturated rings. The summed E-state index contributed by atoms with van der Waals surface area (Å²) in [4.78, 5) is 36.5. The van der Waals surface area contributed by atoms with Crippen molar-refractivity contribution in [2.75, 3.05) is 5.32 Å². The van der Waals surface area contributed by atoms with Crippen molar-refractivity contribution in [1.29, 1.82) is 0 Å². The van der Waals surface area contributed by atoms with E-state index in [-0.39, 0.29) is 11.7 Å². The molecule has 0 heterocycles. The van der Waals surface area contributed by atoms with Crippen molar-refractivity contribution in [2.24, 2.45) is 5.92 Å². The average Bonchev–Trinajstić information content (AvgIpc) is 2.65. The van der Waals surface area contributed by atoms with E-state index >= 15 is 0 Å². The fourth-order valence-electron chi connectivity index (χ4n) is 2.32. The minimum absolute atomic E-state index is 0.0936. The van der Waals surface area contributed by atoms with Gasteiger partial charge in [-0.15, -0.1) is 0 Å². The van der Waals surface area contributed by atoms with E-state index in [4.69, 9.17) is 4.74 Å². The van der Waals surface area contributed by atoms with Crippen LogP contribution in [0, 0.1) is 5.92 Å². The van der Waals surface area contributed by atoms with Crippen LogP contribution in [0.25, 0.3) is 0 Å². The summed E-state index contributed by atoms with van der Waals surface area (Å²) in [5.41, 5.74) is 1.56. The number of ketones is 1. The lowest BCUT2D eigenvalue weighted by Crippen LogP contribution is -2.28. The molecule has 2 aromatic carbocycles. The number of ether oxygens (including phenoxy) is 1. The van der Waals surface area contributed by atoms with Gasteiger partial charge in [0.2, 0.25) is 6.10 Å². The number of carbonyl (C=O) groups excluding carboxylic acids is 3. The first-order valence-electron chi connectivity index (χ1n) is 8.59. The van der Waals surface area contributed by atoms with Gasteiger partial charge in [-0.1, -0.05) is 56.3 Å². The van der Waals surface area contributed by atoms with Gasteiger partial charge in [0.25, 0.3) is 5.91 Å². The SMILES string of the molecule is CCC(C)C(=O)OC(C(=O)Nc1cccc(C(C)=O)c1)c1ccccc1. The van der Waals surface area contributed by atoms with Crippen LogP contribution in [0.15, 0.2) is 54.6 Å². The number of rotatable bonds is 7. The summed E-state index contributed by atoms with van der Waals surface area (Å²) in [6, 6.07) is 15.5. The smallest absolute Gasteiger partial charge is 0.309 e. The molecule has 5 heteroatoms. The summed E-state index contributed by atoms with van der Waals surface area (Å²) in [5, 5.41) is 2.73. The molecule has 0 bridgehead atoms. The summed E-state index contributed by atoms with van der Waals surface area (Å²) in [6.07, 6.45) is -0.429. The van der Waals surface area contributed by atoms with Crippen molar-refractivity contribution in [3.05, 3.63) is 65.7 Å². The van der Waals surface area contributed by atoms with Gasteiger partial charge in [-0.3, -0.25) is 14.4 Å². The zero-order chi connectivity index (χ0) is 19.1. The number of hydrogen-bond donors (Lipinski definition) is 1. The van der Waals surface area contributed by atoms with Crippen molar-refractivity contribution in [3.8, 4) is 0 Å². The van der Waals surface area contributed by atoms with Crippen molar-refractivity contribution in [3.63, 3.8) is 0 Å². The van der Waals surface area contributed by atoms with Crippen LogP contribution in [0.5, 0.6) is 0 Å². The number of carbonyl (C=O) groups is 3. The predicted octanol–water partition coefficient (Wildman–Crippen LogP) is 4.16. The largest absolute Gasteiger partial charge is 0.447 e. The normalized spacial score (nSPS) is 12.7. The number of benzene rings is 2. The van der Waals surface area contributed by atoms with Crippen LogP contribution in [0.3, 0.4) is 0 Å². The molecule has 2 aromatic rings. The molecule has 0 aliphatic carbocycles. The quantitative estimate of drug-likeness (QED) is 0.599. The Morgan fingerprint density at radius 2 is 1.73 bits per heavy atom. The molecule has 0 aliphatic heterocycles. The fraction of sp³-hybridized carbons (Fsp3) is 0.286. The van der Waals surface area contributed by atoms with Gasteiger partial charge in [0.05, 0.1) is 5.92 Å². The van der Waals surface area contributed by atoms with Gasteiger partial charge >= 0.3 is 5.97 Å². The number of hydrogen-bond acceptors (Lipinski definition) is 4. The molecule has 2 rings (SSSR count). The third kappa shape index (κ3) is 5.02. The third-order valence-electron chi connectivity index (χ3n) is 4.13. The van der Waals surface area contributed by atoms with E-state index < -0.39 is 18.0 Å². The number of nitrogens with one attached hydrogen (secondary N) is 1. The molecule has 1 N–H and O–H groups in total. The first-order chi connectivity index (χ1) is 12.4. The van der Waals surface area contributed by atoms with Crippen LogP contribution >= 0.6 is 0 Å². The molecule has 0 saturated heterocycles. The van der Waals surface area contributed by atoms with Crippen molar-refractivity contribution < 1.29 is 19.1 Å². The van der Waals surface area contributed by atoms with Crippen molar-refractivity contribution in [2.45, 2.75) is 33.3 Å². The molecule has 0 saturated carbocycles. The summed E-state index contributed by atoms with van der Waals surface area (Å²) in [5.74, 6) is -1.28. The number of Topliss-reactive ketones (excluding diaryl/α,β-unsaturated/α-hetero) is 1. The van der Waals surface area contributed by atoms with Gasteiger partial charge in [-0.2, -0.15) is 0 Å². The lowest BCUT2D eigenvalue weighted by molar-refractivity contribution is -0.158. The lowest BCUT2D eigenvalue weighted by Gasteiger charge is -2.20. The Kier molecular flexibility index (Phi) is 6.67. The number of anilines is 1. The highest BCUT2D eigenvalue weighted by Gasteiger charge is 2.27. The number of esters is 1. The van der Waals surface area contributed by atoms with Gasteiger partial charge < -0.3 is 10.1 Å². The Balaban J connectivity index is 2.24. The second kappa shape index (κ2) is 8.94. The van der Waals surface area contributed by atoms with Gasteiger partial charge in [-0.25, -0.2) is 0 Å². The minimum atomic E-state index is -1.06. The van der Waals surface area contributed by atoms with E-state index in [2.05, 4.69) is 5.32 Å². The standard InChI is InChI=1S/C21H23NO4/c1-4-14(2)21(25)26-19(16-9-6-5-7-10-16)20(24)22-18-12-8-11-17(13-18)15(3)23/h5-14,19H,4H2,1-3H3,(H,22,24). The number of amides is 1. The zero-order valence-corrected chi connectivity index (χ0v) is 15.2. The molecule has 26 heavy (non-hydrogen) atoms. The molecule has 136 valence electrons. The maximum absolute atomic E-state index is 12.8. The zero-order valence-electron chi connectivity index (χ0n) is 15.2. The third-order valence-corrected chi connectivity index (χ3v) is 4.13. The van der Waals surface area contributed by atoms with E-state index in [0.29, 0.717) is 23.2 Å². The molecule has 0 aliphatic rings. The van der Waals surface area contributed by atoms with Crippen LogP contribution < -0.4 is 5.32 Å². The van der Waals surface area contributed by atoms with Crippen LogP contribution in [0.4, 0.5) is 5.69 Å². The molecule has 0 spiro atoms. The maximum Gasteiger partial charge on any atom is 0.309 e. The highest BCUT2D eigenvalue weighted by atomic mass is 16.5. The average molecular weight is 353 g/mol. The molecular formula is C21H23NO4. The first-order valence-corrected chi connectivity index (χ1v) is 8.59. The Bertz CT molecular complexity index is 786. The van der Waals surface area contributed by atoms with E-state index in [0.717, 1.165) is 0 Å². The van der Waals surface area contributed by atoms with Crippen molar-refractivity contribution in [1.82, 2.24) is 0 Å². The highest BCUT2D eigenvalue weighted by molar-refractivity contribution is 5.99. The Hall–Kier alpha value is -2.95. The van der Waals surface area contributed by atoms with Gasteiger partial charge in [0.1, 0.15) is 0 Å². The Labute approximate surface area is 153 Å². The Morgan fingerprint density at radius 3 is 2.35 bits per heavy atom. The van der Waals surface area contributed by atoms with Crippen LogP contribution in [-0.2, 0) is 14.3 Å². The molecule has 1 amide bonds. The molecule has 5 nitrogen and oxygen atoms in total. The second-order valence-corrected chi connectivity index (χ2v) is 6.16. The first kappa shape index (κ1) is 19.4. The lowest BCUT2D eigenvalue weighted by atomic mass is 10.1. The molecular weight excluding hydrogens is 330 g/mol. The monoisotopic (exact) mass is 353 g/mol. The predicted molar refractivity (Wildman–Crippen MR) is 99.8 cm³/mol. The van der Waals surface area contributed by atoms with Crippen LogP contribution in [0.1, 0.15) is 49.2 Å². The summed E-state index contributed by atoms with van der Waals surface area (Å²) >= 11 is 0. The molecule has 2 atom stereocenters. The Morgan fingerprint density at radius 1 is 1.04 bits per heavy atom. The van der Waals surface area contributed by atoms with E-state index in [1.165, 1.54) is 6.92 Å². The minimum Gasteiger partial charge on any atom is -0.447 e. The molecule has 0 radical (unpaired) electrons. The highest BCUT2D eigenvalue weighted by Crippen LogP contribution is 2.22. The molecule has 2 unspecified atom stereocenters. The van der Waals surface area contributed by atoms with Crippen LogP contribution in [-0.4, -0.2) is 17.7 Å². The van der Waals surface area contributed by atoms with Crippen LogP contribution in [0.2, 0.25) is 0 Å². The van der Waals surface area contributed by atoms with Gasteiger partial charge in [-0.05, 0) is 25.5 Å². The fourth-order valence-corrected chi connectivity index (χ4v) is 2.32. The summed E-state index contributed by atoms with van der Waals surface area (Å²) < 4.78 is 5.48. The molecule has 0 aromatic heterocycles. The van der Waals surface area contributed by atoms with Crippen molar-refractivity contribution >= 4 is 23.3 Å². The van der Waals surface area contributed by atoms with Gasteiger partial charge in [0.15, 0.2) is 5.78 Å². The van der Waals surface area contributed by atoms with E-state index in [1.54, 1.807) is 55.5 Å². The second-order valence-electron chi connectivity index (χ2n) is 6.16.